The summed E-state index contributed by atoms with van der Waals surface area (Å²) in [5, 5.41) is 4.16. The van der Waals surface area contributed by atoms with Crippen molar-refractivity contribution in [3.05, 3.63) is 22.7 Å². The Kier molecular flexibility index (Phi) is 3.27. The van der Waals surface area contributed by atoms with E-state index in [4.69, 9.17) is 4.74 Å². The quantitative estimate of drug-likeness (QED) is 0.750. The van der Waals surface area contributed by atoms with Gasteiger partial charge in [0.25, 0.3) is 11.6 Å². The Labute approximate surface area is 142 Å². The van der Waals surface area contributed by atoms with Gasteiger partial charge in [-0.1, -0.05) is 20.8 Å². The highest BCUT2D eigenvalue weighted by Crippen LogP contribution is 2.61. The predicted molar refractivity (Wildman–Crippen MR) is 86.8 cm³/mol. The van der Waals surface area contributed by atoms with Gasteiger partial charge in [-0.15, -0.1) is 5.10 Å². The van der Waals surface area contributed by atoms with Gasteiger partial charge in [0.05, 0.1) is 4.47 Å². The first-order valence-electron chi connectivity index (χ1n) is 7.95. The average molecular weight is 379 g/mol. The second-order valence-corrected chi connectivity index (χ2v) is 8.27. The van der Waals surface area contributed by atoms with Crippen LogP contribution in [0, 0.1) is 23.2 Å². The van der Waals surface area contributed by atoms with E-state index in [-0.39, 0.29) is 11.9 Å². The normalized spacial score (nSPS) is 31.7. The van der Waals surface area contributed by atoms with Gasteiger partial charge in [0, 0.05) is 12.4 Å². The predicted octanol–water partition coefficient (Wildman–Crippen LogP) is 3.11. The number of ether oxygens (including phenoxy) is 1. The highest BCUT2D eigenvalue weighted by Gasteiger charge is 2.57. The molecule has 2 heterocycles. The van der Waals surface area contributed by atoms with Crippen LogP contribution in [0.25, 0.3) is 5.78 Å². The van der Waals surface area contributed by atoms with E-state index >= 15 is 0 Å². The van der Waals surface area contributed by atoms with Crippen LogP contribution in [0.4, 0.5) is 0 Å². The van der Waals surface area contributed by atoms with E-state index in [0.29, 0.717) is 28.9 Å². The maximum atomic E-state index is 12.4. The third-order valence-electron chi connectivity index (χ3n) is 5.89. The molecule has 0 unspecified atom stereocenters. The van der Waals surface area contributed by atoms with Crippen molar-refractivity contribution in [2.45, 2.75) is 39.7 Å². The molecule has 0 amide bonds. The van der Waals surface area contributed by atoms with Gasteiger partial charge >= 0.3 is 5.97 Å². The minimum absolute atomic E-state index is 0.0365. The summed E-state index contributed by atoms with van der Waals surface area (Å²) in [6.07, 6.45) is 5.50. The Hall–Kier alpha value is -1.50. The molecule has 2 aromatic rings. The lowest BCUT2D eigenvalue weighted by Crippen LogP contribution is -2.57. The number of halogens is 1. The molecule has 7 heteroatoms. The SMILES string of the molecule is C[C@H]1[C@H]2C[C@H](C[C@H]1OC(=O)c1nc3ncc(Br)cn3n1)C2(C)C. The Bertz CT molecular complexity index is 787. The molecule has 6 nitrogen and oxygen atoms in total. The Morgan fingerprint density at radius 1 is 1.43 bits per heavy atom. The van der Waals surface area contributed by atoms with Crippen molar-refractivity contribution in [2.75, 3.05) is 0 Å². The summed E-state index contributed by atoms with van der Waals surface area (Å²) in [5.74, 6) is 1.66. The van der Waals surface area contributed by atoms with Gasteiger partial charge in [0.15, 0.2) is 0 Å². The molecule has 0 radical (unpaired) electrons. The molecule has 0 saturated heterocycles. The molecule has 122 valence electrons. The molecule has 0 aromatic carbocycles. The van der Waals surface area contributed by atoms with Crippen LogP contribution in [0.5, 0.6) is 0 Å². The third-order valence-corrected chi connectivity index (χ3v) is 6.30. The summed E-state index contributed by atoms with van der Waals surface area (Å²) in [6.45, 7) is 6.84. The van der Waals surface area contributed by atoms with Crippen LogP contribution in [-0.4, -0.2) is 31.7 Å². The smallest absolute Gasteiger partial charge is 0.378 e. The molecule has 5 rings (SSSR count). The molecule has 0 N–H and O–H groups in total. The lowest BCUT2D eigenvalue weighted by atomic mass is 9.45. The fourth-order valence-electron chi connectivity index (χ4n) is 4.29. The molecule has 3 aliphatic rings. The number of fused-ring (bicyclic) bond motifs is 3. The van der Waals surface area contributed by atoms with Gasteiger partial charge < -0.3 is 4.74 Å². The van der Waals surface area contributed by atoms with E-state index < -0.39 is 5.97 Å². The lowest BCUT2D eigenvalue weighted by Gasteiger charge is -2.61. The van der Waals surface area contributed by atoms with Crippen molar-refractivity contribution in [1.82, 2.24) is 19.6 Å². The average Bonchev–Trinajstić information content (AvgIpc) is 2.91. The van der Waals surface area contributed by atoms with E-state index in [1.807, 2.05) is 0 Å². The van der Waals surface area contributed by atoms with Gasteiger partial charge in [-0.25, -0.2) is 14.3 Å². The Morgan fingerprint density at radius 3 is 2.91 bits per heavy atom. The number of aromatic nitrogens is 4. The van der Waals surface area contributed by atoms with Crippen LogP contribution in [0.3, 0.4) is 0 Å². The van der Waals surface area contributed by atoms with Gasteiger partial charge in [-0.05, 0) is 51.9 Å². The minimum Gasteiger partial charge on any atom is -0.456 e. The van der Waals surface area contributed by atoms with Crippen LogP contribution in [-0.2, 0) is 4.74 Å². The summed E-state index contributed by atoms with van der Waals surface area (Å²) in [4.78, 5) is 20.7. The zero-order chi connectivity index (χ0) is 16.4. The first-order valence-corrected chi connectivity index (χ1v) is 8.74. The first kappa shape index (κ1) is 15.1. The molecular weight excluding hydrogens is 360 g/mol. The fourth-order valence-corrected chi connectivity index (χ4v) is 4.59. The monoisotopic (exact) mass is 378 g/mol. The summed E-state index contributed by atoms with van der Waals surface area (Å²) < 4.78 is 7.98. The second-order valence-electron chi connectivity index (χ2n) is 7.35. The number of carbonyl (C=O) groups excluding carboxylic acids is 1. The number of nitrogens with zero attached hydrogens (tertiary/aromatic N) is 4. The standard InChI is InChI=1S/C16H19BrN4O2/c1-8-11-4-9(16(11,2)3)5-12(8)23-14(22)13-19-15-18-6-10(17)7-21(15)20-13/h6-9,11-12H,4-5H2,1-3H3/t8-,9+,11+,12+/m0/s1. The Morgan fingerprint density at radius 2 is 2.22 bits per heavy atom. The number of rotatable bonds is 2. The fraction of sp³-hybridized carbons (Fsp3) is 0.625. The molecule has 3 saturated carbocycles. The maximum absolute atomic E-state index is 12.4. The Balaban J connectivity index is 1.51. The number of hydrogen-bond acceptors (Lipinski definition) is 5. The van der Waals surface area contributed by atoms with Crippen molar-refractivity contribution in [2.24, 2.45) is 23.2 Å². The number of hydrogen-bond donors (Lipinski definition) is 0. The maximum Gasteiger partial charge on any atom is 0.378 e. The minimum atomic E-state index is -0.456. The van der Waals surface area contributed by atoms with E-state index in [2.05, 4.69) is 51.8 Å². The van der Waals surface area contributed by atoms with E-state index in [1.165, 1.54) is 10.9 Å². The van der Waals surface area contributed by atoms with E-state index in [1.54, 1.807) is 12.4 Å². The second kappa shape index (κ2) is 5.00. The van der Waals surface area contributed by atoms with E-state index in [9.17, 15) is 4.79 Å². The van der Waals surface area contributed by atoms with Crippen LogP contribution in [0.15, 0.2) is 16.9 Å². The van der Waals surface area contributed by atoms with Crippen molar-refractivity contribution < 1.29 is 9.53 Å². The van der Waals surface area contributed by atoms with Gasteiger partial charge in [0.2, 0.25) is 0 Å². The zero-order valence-corrected chi connectivity index (χ0v) is 14.9. The largest absolute Gasteiger partial charge is 0.456 e. The molecule has 2 aromatic heterocycles. The summed E-state index contributed by atoms with van der Waals surface area (Å²) in [7, 11) is 0. The number of carbonyl (C=O) groups is 1. The summed E-state index contributed by atoms with van der Waals surface area (Å²) >= 11 is 3.32. The highest BCUT2D eigenvalue weighted by molar-refractivity contribution is 9.10. The summed E-state index contributed by atoms with van der Waals surface area (Å²) in [5.41, 5.74) is 0.375. The van der Waals surface area contributed by atoms with Crippen LogP contribution >= 0.6 is 15.9 Å². The van der Waals surface area contributed by atoms with Gasteiger partial charge in [-0.2, -0.15) is 4.98 Å². The first-order chi connectivity index (χ1) is 10.9. The number of esters is 1. The van der Waals surface area contributed by atoms with Crippen molar-refractivity contribution in [1.29, 1.82) is 0 Å². The molecule has 0 aliphatic heterocycles. The lowest BCUT2D eigenvalue weighted by molar-refractivity contribution is -0.156. The molecule has 0 spiro atoms. The zero-order valence-electron chi connectivity index (χ0n) is 13.4. The molecule has 3 fully saturated rings. The van der Waals surface area contributed by atoms with E-state index in [0.717, 1.165) is 10.9 Å². The molecule has 23 heavy (non-hydrogen) atoms. The summed E-state index contributed by atoms with van der Waals surface area (Å²) in [6, 6.07) is 0. The molecule has 3 aliphatic carbocycles. The van der Waals surface area contributed by atoms with Gasteiger partial charge in [0.1, 0.15) is 6.10 Å². The van der Waals surface area contributed by atoms with Crippen molar-refractivity contribution in [3.8, 4) is 0 Å². The molecule has 4 atom stereocenters. The van der Waals surface area contributed by atoms with Crippen LogP contribution < -0.4 is 0 Å². The third kappa shape index (κ3) is 2.28. The van der Waals surface area contributed by atoms with Crippen LogP contribution in [0.1, 0.15) is 44.2 Å². The molecular formula is C16H19BrN4O2. The van der Waals surface area contributed by atoms with Gasteiger partial charge in [-0.3, -0.25) is 0 Å². The highest BCUT2D eigenvalue weighted by atomic mass is 79.9. The molecule has 2 bridgehead atoms. The van der Waals surface area contributed by atoms with Crippen molar-refractivity contribution in [3.63, 3.8) is 0 Å². The van der Waals surface area contributed by atoms with Crippen molar-refractivity contribution >= 4 is 27.7 Å². The van der Waals surface area contributed by atoms with Crippen LogP contribution in [0.2, 0.25) is 0 Å². The topological polar surface area (TPSA) is 69.4 Å².